The van der Waals surface area contributed by atoms with Crippen LogP contribution in [0.5, 0.6) is 0 Å². The van der Waals surface area contributed by atoms with Gasteiger partial charge < -0.3 is 5.11 Å². The second-order valence-electron chi connectivity index (χ2n) is 3.06. The monoisotopic (exact) mass is 274 g/mol. The van der Waals surface area contributed by atoms with Gasteiger partial charge in [0.05, 0.1) is 11.3 Å². The summed E-state index contributed by atoms with van der Waals surface area (Å²) in [4.78, 5) is 10.3. The summed E-state index contributed by atoms with van der Waals surface area (Å²) >= 11 is 5.65. The number of halogens is 1. The fraction of sp³-hybridized carbons (Fsp3) is 0.111. The molecule has 0 bridgehead atoms. The SMILES string of the molecule is N#Cc1ccc(Cl)cc1NS(=O)(=O)CC(=O)O. The minimum absolute atomic E-state index is 0.0405. The zero-order valence-electron chi connectivity index (χ0n) is 8.34. The quantitative estimate of drug-likeness (QED) is 0.853. The minimum atomic E-state index is -4.04. The summed E-state index contributed by atoms with van der Waals surface area (Å²) < 4.78 is 24.7. The van der Waals surface area contributed by atoms with Crippen LogP contribution in [0.3, 0.4) is 0 Å². The van der Waals surface area contributed by atoms with Gasteiger partial charge in [-0.1, -0.05) is 11.6 Å². The molecule has 0 aromatic heterocycles. The van der Waals surface area contributed by atoms with Crippen LogP contribution in [-0.2, 0) is 14.8 Å². The maximum Gasteiger partial charge on any atom is 0.320 e. The zero-order chi connectivity index (χ0) is 13.1. The van der Waals surface area contributed by atoms with E-state index in [1.807, 2.05) is 4.72 Å². The van der Waals surface area contributed by atoms with Crippen LogP contribution in [0.25, 0.3) is 0 Å². The van der Waals surface area contributed by atoms with Crippen molar-refractivity contribution in [2.24, 2.45) is 0 Å². The topological polar surface area (TPSA) is 107 Å². The second-order valence-corrected chi connectivity index (χ2v) is 5.22. The first-order valence-electron chi connectivity index (χ1n) is 4.26. The normalized spacial score (nSPS) is 10.6. The lowest BCUT2D eigenvalue weighted by Gasteiger charge is -2.07. The molecule has 0 aliphatic carbocycles. The predicted molar refractivity (Wildman–Crippen MR) is 61.2 cm³/mol. The van der Waals surface area contributed by atoms with Gasteiger partial charge in [0, 0.05) is 5.02 Å². The molecule has 1 aromatic carbocycles. The number of nitrogens with one attached hydrogen (secondary N) is 1. The molecule has 0 spiro atoms. The van der Waals surface area contributed by atoms with Crippen LogP contribution in [0.2, 0.25) is 5.02 Å². The predicted octanol–water partition coefficient (Wildman–Crippen LogP) is 1.04. The number of anilines is 1. The zero-order valence-corrected chi connectivity index (χ0v) is 9.92. The van der Waals surface area contributed by atoms with Crippen LogP contribution in [0.4, 0.5) is 5.69 Å². The molecule has 0 fully saturated rings. The molecule has 6 nitrogen and oxygen atoms in total. The summed E-state index contributed by atoms with van der Waals surface area (Å²) in [6.45, 7) is 0. The highest BCUT2D eigenvalue weighted by molar-refractivity contribution is 7.93. The Morgan fingerprint density at radius 2 is 2.18 bits per heavy atom. The fourth-order valence-electron chi connectivity index (χ4n) is 1.06. The molecule has 0 saturated heterocycles. The molecule has 17 heavy (non-hydrogen) atoms. The van der Waals surface area contributed by atoms with Gasteiger partial charge >= 0.3 is 5.97 Å². The third-order valence-electron chi connectivity index (χ3n) is 1.68. The number of sulfonamides is 1. The van der Waals surface area contributed by atoms with Gasteiger partial charge in [-0.15, -0.1) is 0 Å². The molecule has 0 aliphatic rings. The molecule has 0 heterocycles. The molecule has 0 aliphatic heterocycles. The molecule has 0 saturated carbocycles. The van der Waals surface area contributed by atoms with Gasteiger partial charge in [0.1, 0.15) is 6.07 Å². The summed E-state index contributed by atoms with van der Waals surface area (Å²) in [6.07, 6.45) is 0. The molecule has 1 rings (SSSR count). The first-order chi connectivity index (χ1) is 7.84. The van der Waals surface area contributed by atoms with E-state index < -0.39 is 21.7 Å². The summed E-state index contributed by atoms with van der Waals surface area (Å²) in [5.41, 5.74) is 0.0182. The number of hydrogen-bond donors (Lipinski definition) is 2. The molecule has 8 heteroatoms. The average molecular weight is 275 g/mol. The number of nitriles is 1. The lowest BCUT2D eigenvalue weighted by Crippen LogP contribution is -2.22. The Morgan fingerprint density at radius 1 is 1.53 bits per heavy atom. The van der Waals surface area contributed by atoms with E-state index in [2.05, 4.69) is 0 Å². The van der Waals surface area contributed by atoms with Crippen LogP contribution in [0, 0.1) is 11.3 Å². The van der Waals surface area contributed by atoms with Gasteiger partial charge in [-0.2, -0.15) is 5.26 Å². The first kappa shape index (κ1) is 13.3. The van der Waals surface area contributed by atoms with Gasteiger partial charge in [0.25, 0.3) is 0 Å². The summed E-state index contributed by atoms with van der Waals surface area (Å²) in [6, 6.07) is 5.76. The van der Waals surface area contributed by atoms with Crippen molar-refractivity contribution < 1.29 is 18.3 Å². The van der Waals surface area contributed by atoms with E-state index in [1.165, 1.54) is 18.2 Å². The maximum atomic E-state index is 11.3. The van der Waals surface area contributed by atoms with Crippen molar-refractivity contribution in [3.8, 4) is 6.07 Å². The van der Waals surface area contributed by atoms with Gasteiger partial charge in [-0.05, 0) is 18.2 Å². The van der Waals surface area contributed by atoms with Crippen LogP contribution < -0.4 is 4.72 Å². The Kier molecular flexibility index (Phi) is 3.93. The van der Waals surface area contributed by atoms with E-state index >= 15 is 0 Å². The van der Waals surface area contributed by atoms with E-state index in [-0.39, 0.29) is 16.3 Å². The number of benzene rings is 1. The molecular weight excluding hydrogens is 268 g/mol. The standard InChI is InChI=1S/C9H7ClN2O4S/c10-7-2-1-6(4-11)8(3-7)12-17(15,16)5-9(13)14/h1-3,12H,5H2,(H,13,14). The number of hydrogen-bond acceptors (Lipinski definition) is 4. The van der Waals surface area contributed by atoms with Gasteiger partial charge in [-0.3, -0.25) is 9.52 Å². The number of rotatable bonds is 4. The minimum Gasteiger partial charge on any atom is -0.480 e. The molecule has 0 amide bonds. The number of nitrogens with zero attached hydrogens (tertiary/aromatic N) is 1. The third kappa shape index (κ3) is 3.94. The van der Waals surface area contributed by atoms with Crippen molar-refractivity contribution >= 4 is 33.3 Å². The van der Waals surface area contributed by atoms with E-state index in [4.69, 9.17) is 22.0 Å². The Bertz CT molecular complexity index is 592. The highest BCUT2D eigenvalue weighted by Crippen LogP contribution is 2.21. The largest absolute Gasteiger partial charge is 0.480 e. The maximum absolute atomic E-state index is 11.3. The first-order valence-corrected chi connectivity index (χ1v) is 6.29. The average Bonchev–Trinajstić information content (AvgIpc) is 2.14. The van der Waals surface area contributed by atoms with Crippen LogP contribution in [-0.4, -0.2) is 25.2 Å². The Balaban J connectivity index is 3.07. The highest BCUT2D eigenvalue weighted by atomic mass is 35.5. The number of carboxylic acid groups (broad SMARTS) is 1. The van der Waals surface area contributed by atoms with Crippen molar-refractivity contribution in [3.63, 3.8) is 0 Å². The summed E-state index contributed by atoms with van der Waals surface area (Å²) in [5, 5.41) is 17.4. The molecule has 90 valence electrons. The number of carbonyl (C=O) groups is 1. The van der Waals surface area contributed by atoms with Crippen molar-refractivity contribution in [3.05, 3.63) is 28.8 Å². The Labute approximate surface area is 102 Å². The van der Waals surface area contributed by atoms with Gasteiger partial charge in [0.2, 0.25) is 10.0 Å². The van der Waals surface area contributed by atoms with E-state index in [1.54, 1.807) is 6.07 Å². The third-order valence-corrected chi connectivity index (χ3v) is 3.07. The lowest BCUT2D eigenvalue weighted by atomic mass is 10.2. The van der Waals surface area contributed by atoms with Crippen molar-refractivity contribution in [2.75, 3.05) is 10.5 Å². The number of carboxylic acids is 1. The smallest absolute Gasteiger partial charge is 0.320 e. The molecule has 1 aromatic rings. The van der Waals surface area contributed by atoms with E-state index in [9.17, 15) is 13.2 Å². The van der Waals surface area contributed by atoms with Crippen molar-refractivity contribution in [1.82, 2.24) is 0 Å². The molecule has 0 atom stereocenters. The Morgan fingerprint density at radius 3 is 2.71 bits per heavy atom. The van der Waals surface area contributed by atoms with Crippen LogP contribution in [0.15, 0.2) is 18.2 Å². The highest BCUT2D eigenvalue weighted by Gasteiger charge is 2.17. The van der Waals surface area contributed by atoms with E-state index in [0.29, 0.717) is 0 Å². The van der Waals surface area contributed by atoms with Crippen molar-refractivity contribution in [2.45, 2.75) is 0 Å². The lowest BCUT2D eigenvalue weighted by molar-refractivity contribution is -0.134. The molecule has 0 unspecified atom stereocenters. The second kappa shape index (κ2) is 5.03. The fourth-order valence-corrected chi connectivity index (χ4v) is 2.14. The van der Waals surface area contributed by atoms with Crippen LogP contribution >= 0.6 is 11.6 Å². The molecule has 0 radical (unpaired) electrons. The van der Waals surface area contributed by atoms with Gasteiger partial charge in [0.15, 0.2) is 5.75 Å². The molecular formula is C9H7ClN2O4S. The summed E-state index contributed by atoms with van der Waals surface area (Å²) in [7, 11) is -4.04. The van der Waals surface area contributed by atoms with Crippen LogP contribution in [0.1, 0.15) is 5.56 Å². The van der Waals surface area contributed by atoms with Gasteiger partial charge in [-0.25, -0.2) is 8.42 Å². The molecule has 2 N–H and O–H groups in total. The van der Waals surface area contributed by atoms with Crippen molar-refractivity contribution in [1.29, 1.82) is 5.26 Å². The summed E-state index contributed by atoms with van der Waals surface area (Å²) in [5.74, 6) is -2.57. The Hall–Kier alpha value is -1.78. The number of aliphatic carboxylic acids is 1. The van der Waals surface area contributed by atoms with E-state index in [0.717, 1.165) is 0 Å².